The van der Waals surface area contributed by atoms with Gasteiger partial charge in [-0.25, -0.2) is 0 Å². The van der Waals surface area contributed by atoms with Gasteiger partial charge in [-0.1, -0.05) is 60.7 Å². The summed E-state index contributed by atoms with van der Waals surface area (Å²) in [5, 5.41) is 2.68. The Balaban J connectivity index is 1.86. The van der Waals surface area contributed by atoms with Crippen LogP contribution in [0.3, 0.4) is 0 Å². The number of rotatable bonds is 2. The van der Waals surface area contributed by atoms with E-state index in [0.717, 1.165) is 0 Å². The molecule has 4 rings (SSSR count). The van der Waals surface area contributed by atoms with Crippen LogP contribution in [0.15, 0.2) is 60.7 Å². The third kappa shape index (κ3) is 2.55. The summed E-state index contributed by atoms with van der Waals surface area (Å²) in [6.45, 7) is 0. The largest absolute Gasteiger partial charge is 0.306 e. The highest BCUT2D eigenvalue weighted by Crippen LogP contribution is 2.36. The highest BCUT2D eigenvalue weighted by atomic mass is 15.1. The van der Waals surface area contributed by atoms with Crippen molar-refractivity contribution in [2.45, 2.75) is 25.3 Å². The maximum absolute atomic E-state index is 2.37. The molecule has 1 heteroatoms. The van der Waals surface area contributed by atoms with Gasteiger partial charge in [0.2, 0.25) is 0 Å². The first-order chi connectivity index (χ1) is 11.2. The van der Waals surface area contributed by atoms with Gasteiger partial charge in [0.25, 0.3) is 0 Å². The van der Waals surface area contributed by atoms with Crippen LogP contribution in [0.2, 0.25) is 0 Å². The van der Waals surface area contributed by atoms with Gasteiger partial charge >= 0.3 is 0 Å². The van der Waals surface area contributed by atoms with Gasteiger partial charge in [-0.15, -0.1) is 0 Å². The summed E-state index contributed by atoms with van der Waals surface area (Å²) in [5.74, 6) is 0. The van der Waals surface area contributed by atoms with E-state index in [1.165, 1.54) is 46.7 Å². The van der Waals surface area contributed by atoms with Crippen LogP contribution in [0, 0.1) is 0 Å². The van der Waals surface area contributed by atoms with Crippen molar-refractivity contribution in [1.29, 1.82) is 0 Å². The van der Waals surface area contributed by atoms with E-state index < -0.39 is 0 Å². The molecule has 1 aliphatic rings. The van der Waals surface area contributed by atoms with Gasteiger partial charge in [0.05, 0.1) is 0 Å². The Kier molecular flexibility index (Phi) is 3.66. The molecule has 0 spiro atoms. The maximum Gasteiger partial charge on any atom is 0.0133 e. The van der Waals surface area contributed by atoms with Crippen LogP contribution in [-0.2, 0) is 12.8 Å². The smallest absolute Gasteiger partial charge is 0.0133 e. The number of hydrogen-bond donors (Lipinski definition) is 0. The summed E-state index contributed by atoms with van der Waals surface area (Å²) in [5.41, 5.74) is 5.89. The van der Waals surface area contributed by atoms with E-state index in [4.69, 9.17) is 0 Å². The summed E-state index contributed by atoms with van der Waals surface area (Å²) in [4.78, 5) is 2.37. The van der Waals surface area contributed by atoms with Crippen LogP contribution in [0.5, 0.6) is 0 Å². The van der Waals surface area contributed by atoms with Gasteiger partial charge < -0.3 is 4.90 Å². The topological polar surface area (TPSA) is 3.24 Å². The molecule has 23 heavy (non-hydrogen) atoms. The molecule has 0 saturated carbocycles. The van der Waals surface area contributed by atoms with E-state index in [9.17, 15) is 0 Å². The van der Waals surface area contributed by atoms with E-state index >= 15 is 0 Å². The van der Waals surface area contributed by atoms with E-state index in [-0.39, 0.29) is 0 Å². The van der Waals surface area contributed by atoms with E-state index in [1.54, 1.807) is 5.56 Å². The average molecular weight is 301 g/mol. The lowest BCUT2D eigenvalue weighted by Gasteiger charge is -2.31. The average Bonchev–Trinajstić information content (AvgIpc) is 2.60. The van der Waals surface area contributed by atoms with Crippen molar-refractivity contribution in [3.63, 3.8) is 0 Å². The fraction of sp³-hybridized carbons (Fsp3) is 0.273. The van der Waals surface area contributed by atoms with Gasteiger partial charge in [0.15, 0.2) is 0 Å². The Morgan fingerprint density at radius 1 is 0.826 bits per heavy atom. The molecule has 0 heterocycles. The second-order valence-electron chi connectivity index (χ2n) is 6.83. The van der Waals surface area contributed by atoms with E-state index in [1.807, 2.05) is 0 Å². The first-order valence-corrected chi connectivity index (χ1v) is 8.49. The first-order valence-electron chi connectivity index (χ1n) is 8.49. The van der Waals surface area contributed by atoms with Crippen LogP contribution in [0.4, 0.5) is 0 Å². The summed E-state index contributed by atoms with van der Waals surface area (Å²) in [7, 11) is 4.40. The Labute approximate surface area is 138 Å². The quantitative estimate of drug-likeness (QED) is 0.649. The SMILES string of the molecule is CN(C)C1CCc2c(cccc2-c2cccc3ccccc23)C1. The maximum atomic E-state index is 2.37. The van der Waals surface area contributed by atoms with Gasteiger partial charge in [-0.3, -0.25) is 0 Å². The molecular formula is C22H23N. The number of likely N-dealkylation sites (N-methyl/N-ethyl adjacent to an activating group) is 1. The zero-order valence-corrected chi connectivity index (χ0v) is 13.9. The number of fused-ring (bicyclic) bond motifs is 2. The molecule has 0 radical (unpaired) electrons. The second kappa shape index (κ2) is 5.82. The highest BCUT2D eigenvalue weighted by molar-refractivity contribution is 5.97. The summed E-state index contributed by atoms with van der Waals surface area (Å²) in [6, 6.07) is 22.9. The van der Waals surface area contributed by atoms with E-state index in [2.05, 4.69) is 79.7 Å². The Morgan fingerprint density at radius 2 is 1.57 bits per heavy atom. The predicted molar refractivity (Wildman–Crippen MR) is 98.9 cm³/mol. The molecule has 0 bridgehead atoms. The normalized spacial score (nSPS) is 17.4. The molecule has 3 aromatic carbocycles. The summed E-state index contributed by atoms with van der Waals surface area (Å²) in [6.07, 6.45) is 3.60. The Bertz CT molecular complexity index is 842. The number of nitrogens with zero attached hydrogens (tertiary/aromatic N) is 1. The standard InChI is InChI=1S/C22H23N/c1-23(2)18-13-14-20-17(15-18)9-6-12-22(20)21-11-5-8-16-7-3-4-10-19(16)21/h3-12,18H,13-15H2,1-2H3. The van der Waals surface area contributed by atoms with Gasteiger partial charge in [0.1, 0.15) is 0 Å². The molecule has 0 fully saturated rings. The van der Waals surface area contributed by atoms with Gasteiger partial charge in [0, 0.05) is 6.04 Å². The van der Waals surface area contributed by atoms with Crippen molar-refractivity contribution in [3.05, 3.63) is 71.8 Å². The first kappa shape index (κ1) is 14.5. The molecule has 3 aromatic rings. The molecule has 0 aliphatic heterocycles. The van der Waals surface area contributed by atoms with Crippen molar-refractivity contribution < 1.29 is 0 Å². The molecule has 1 aliphatic carbocycles. The zero-order valence-electron chi connectivity index (χ0n) is 13.9. The fourth-order valence-electron chi connectivity index (χ4n) is 3.94. The molecule has 116 valence electrons. The molecule has 0 aromatic heterocycles. The van der Waals surface area contributed by atoms with Crippen LogP contribution in [0.25, 0.3) is 21.9 Å². The third-order valence-electron chi connectivity index (χ3n) is 5.27. The van der Waals surface area contributed by atoms with E-state index in [0.29, 0.717) is 6.04 Å². The minimum atomic E-state index is 0.672. The fourth-order valence-corrected chi connectivity index (χ4v) is 3.94. The minimum absolute atomic E-state index is 0.672. The minimum Gasteiger partial charge on any atom is -0.306 e. The second-order valence-corrected chi connectivity index (χ2v) is 6.83. The lowest BCUT2D eigenvalue weighted by Crippen LogP contribution is -2.33. The lowest BCUT2D eigenvalue weighted by molar-refractivity contribution is 0.268. The van der Waals surface area contributed by atoms with Crippen LogP contribution in [-0.4, -0.2) is 25.0 Å². The van der Waals surface area contributed by atoms with Crippen molar-refractivity contribution in [1.82, 2.24) is 4.90 Å². The molecule has 1 unspecified atom stereocenters. The summed E-state index contributed by atoms with van der Waals surface area (Å²) < 4.78 is 0. The van der Waals surface area contributed by atoms with Crippen molar-refractivity contribution in [3.8, 4) is 11.1 Å². The number of hydrogen-bond acceptors (Lipinski definition) is 1. The molecule has 1 nitrogen and oxygen atoms in total. The monoisotopic (exact) mass is 301 g/mol. The lowest BCUT2D eigenvalue weighted by atomic mass is 9.82. The van der Waals surface area contributed by atoms with Gasteiger partial charge in [-0.2, -0.15) is 0 Å². The zero-order chi connectivity index (χ0) is 15.8. The van der Waals surface area contributed by atoms with Crippen LogP contribution in [0.1, 0.15) is 17.5 Å². The molecular weight excluding hydrogens is 278 g/mol. The van der Waals surface area contributed by atoms with Crippen molar-refractivity contribution in [2.75, 3.05) is 14.1 Å². The Morgan fingerprint density at radius 3 is 2.43 bits per heavy atom. The van der Waals surface area contributed by atoms with Crippen LogP contribution >= 0.6 is 0 Å². The molecule has 0 saturated heterocycles. The Hall–Kier alpha value is -2.12. The van der Waals surface area contributed by atoms with Crippen molar-refractivity contribution in [2.24, 2.45) is 0 Å². The molecule has 0 N–H and O–H groups in total. The molecule has 0 amide bonds. The van der Waals surface area contributed by atoms with Crippen molar-refractivity contribution >= 4 is 10.8 Å². The highest BCUT2D eigenvalue weighted by Gasteiger charge is 2.22. The summed E-state index contributed by atoms with van der Waals surface area (Å²) >= 11 is 0. The number of benzene rings is 3. The molecule has 1 atom stereocenters. The predicted octanol–water partition coefficient (Wildman–Crippen LogP) is 4.93. The van der Waals surface area contributed by atoms with Gasteiger partial charge in [-0.05, 0) is 66.4 Å². The van der Waals surface area contributed by atoms with Crippen LogP contribution < -0.4 is 0 Å². The third-order valence-corrected chi connectivity index (χ3v) is 5.27.